The molecular formula is C11H11F3. The average molecular weight is 200 g/mol. The standard InChI is InChI=1S/C11H11F3/c1-3-7(4-2)8-5-9(12)11(14)10(13)6-8/h3,5-6H,4H2,1-2H3/b7-3+. The van der Waals surface area contributed by atoms with Gasteiger partial charge in [0, 0.05) is 0 Å². The SMILES string of the molecule is C/C=C(\CC)c1cc(F)c(F)c(F)c1. The fourth-order valence-electron chi connectivity index (χ4n) is 1.32. The van der Waals surface area contributed by atoms with Gasteiger partial charge >= 0.3 is 0 Å². The third-order valence-corrected chi connectivity index (χ3v) is 2.08. The van der Waals surface area contributed by atoms with Gasteiger partial charge in [-0.3, -0.25) is 0 Å². The van der Waals surface area contributed by atoms with Crippen molar-refractivity contribution in [3.63, 3.8) is 0 Å². The molecule has 0 fully saturated rings. The predicted octanol–water partition coefficient (Wildman–Crippen LogP) is 3.92. The number of halogens is 3. The van der Waals surface area contributed by atoms with E-state index in [-0.39, 0.29) is 0 Å². The van der Waals surface area contributed by atoms with Crippen LogP contribution in [0.1, 0.15) is 25.8 Å². The monoisotopic (exact) mass is 200 g/mol. The molecule has 3 heteroatoms. The lowest BCUT2D eigenvalue weighted by Gasteiger charge is -2.05. The maximum atomic E-state index is 12.8. The second-order valence-electron chi connectivity index (χ2n) is 2.92. The van der Waals surface area contributed by atoms with E-state index >= 15 is 0 Å². The molecule has 0 spiro atoms. The zero-order valence-corrected chi connectivity index (χ0v) is 8.07. The summed E-state index contributed by atoms with van der Waals surface area (Å²) in [7, 11) is 0. The Kier molecular flexibility index (Phi) is 3.33. The molecule has 0 atom stereocenters. The van der Waals surface area contributed by atoms with Crippen LogP contribution >= 0.6 is 0 Å². The molecule has 0 unspecified atom stereocenters. The van der Waals surface area contributed by atoms with Crippen molar-refractivity contribution in [1.29, 1.82) is 0 Å². The zero-order chi connectivity index (χ0) is 10.7. The van der Waals surface area contributed by atoms with Crippen LogP contribution in [0.25, 0.3) is 5.57 Å². The van der Waals surface area contributed by atoms with E-state index in [1.165, 1.54) is 0 Å². The van der Waals surface area contributed by atoms with E-state index in [9.17, 15) is 13.2 Å². The summed E-state index contributed by atoms with van der Waals surface area (Å²) < 4.78 is 38.3. The fraction of sp³-hybridized carbons (Fsp3) is 0.273. The molecule has 0 radical (unpaired) electrons. The van der Waals surface area contributed by atoms with E-state index in [4.69, 9.17) is 0 Å². The van der Waals surface area contributed by atoms with Crippen LogP contribution in [0.5, 0.6) is 0 Å². The molecule has 1 rings (SSSR count). The first-order chi connectivity index (χ1) is 6.60. The minimum absolute atomic E-state index is 0.395. The van der Waals surface area contributed by atoms with Crippen molar-refractivity contribution in [1.82, 2.24) is 0 Å². The van der Waals surface area contributed by atoms with Gasteiger partial charge in [0.2, 0.25) is 0 Å². The number of hydrogen-bond acceptors (Lipinski definition) is 0. The highest BCUT2D eigenvalue weighted by Gasteiger charge is 2.11. The summed E-state index contributed by atoms with van der Waals surface area (Å²) in [4.78, 5) is 0. The van der Waals surface area contributed by atoms with Crippen LogP contribution in [0.15, 0.2) is 18.2 Å². The van der Waals surface area contributed by atoms with Crippen molar-refractivity contribution in [2.24, 2.45) is 0 Å². The second kappa shape index (κ2) is 4.31. The maximum Gasteiger partial charge on any atom is 0.194 e. The lowest BCUT2D eigenvalue weighted by atomic mass is 10.0. The van der Waals surface area contributed by atoms with E-state index in [2.05, 4.69) is 0 Å². The Morgan fingerprint density at radius 2 is 1.71 bits per heavy atom. The van der Waals surface area contributed by atoms with Gasteiger partial charge in [-0.25, -0.2) is 13.2 Å². The molecule has 1 aromatic carbocycles. The van der Waals surface area contributed by atoms with Crippen LogP contribution < -0.4 is 0 Å². The second-order valence-corrected chi connectivity index (χ2v) is 2.92. The Balaban J connectivity index is 3.25. The number of benzene rings is 1. The molecule has 0 heterocycles. The van der Waals surface area contributed by atoms with E-state index < -0.39 is 17.5 Å². The molecule has 14 heavy (non-hydrogen) atoms. The van der Waals surface area contributed by atoms with Gasteiger partial charge in [0.1, 0.15) is 0 Å². The first-order valence-electron chi connectivity index (χ1n) is 4.40. The Morgan fingerprint density at radius 1 is 1.21 bits per heavy atom. The Hall–Kier alpha value is -1.25. The third kappa shape index (κ3) is 1.97. The number of allylic oxidation sites excluding steroid dienone is 2. The highest BCUT2D eigenvalue weighted by Crippen LogP contribution is 2.22. The van der Waals surface area contributed by atoms with Gasteiger partial charge in [-0.15, -0.1) is 0 Å². The summed E-state index contributed by atoms with van der Waals surface area (Å²) >= 11 is 0. The maximum absolute atomic E-state index is 12.8. The minimum Gasteiger partial charge on any atom is -0.204 e. The van der Waals surface area contributed by atoms with Crippen molar-refractivity contribution in [3.8, 4) is 0 Å². The van der Waals surface area contributed by atoms with Gasteiger partial charge in [-0.2, -0.15) is 0 Å². The number of rotatable bonds is 2. The van der Waals surface area contributed by atoms with Gasteiger partial charge in [-0.1, -0.05) is 13.0 Å². The van der Waals surface area contributed by atoms with E-state index in [0.29, 0.717) is 12.0 Å². The van der Waals surface area contributed by atoms with Crippen LogP contribution in [0.3, 0.4) is 0 Å². The quantitative estimate of drug-likeness (QED) is 0.635. The van der Waals surface area contributed by atoms with Gasteiger partial charge in [0.15, 0.2) is 17.5 Å². The molecule has 0 aliphatic carbocycles. The van der Waals surface area contributed by atoms with Crippen molar-refractivity contribution < 1.29 is 13.2 Å². The average Bonchev–Trinajstić information content (AvgIpc) is 2.16. The lowest BCUT2D eigenvalue weighted by Crippen LogP contribution is -1.94. The van der Waals surface area contributed by atoms with Gasteiger partial charge in [0.05, 0.1) is 0 Å². The van der Waals surface area contributed by atoms with Crippen molar-refractivity contribution in [2.75, 3.05) is 0 Å². The molecule has 0 saturated heterocycles. The van der Waals surface area contributed by atoms with E-state index in [1.807, 2.05) is 6.92 Å². The number of hydrogen-bond donors (Lipinski definition) is 0. The zero-order valence-electron chi connectivity index (χ0n) is 8.07. The normalized spacial score (nSPS) is 11.9. The van der Waals surface area contributed by atoms with Crippen LogP contribution in [0.4, 0.5) is 13.2 Å². The molecule has 0 aromatic heterocycles. The Morgan fingerprint density at radius 3 is 2.07 bits per heavy atom. The van der Waals surface area contributed by atoms with E-state index in [1.54, 1.807) is 13.0 Å². The van der Waals surface area contributed by atoms with Crippen molar-refractivity contribution in [2.45, 2.75) is 20.3 Å². The highest BCUT2D eigenvalue weighted by atomic mass is 19.2. The minimum atomic E-state index is -1.42. The summed E-state index contributed by atoms with van der Waals surface area (Å²) in [5.41, 5.74) is 1.19. The summed E-state index contributed by atoms with van der Waals surface area (Å²) in [6.45, 7) is 3.65. The Labute approximate surface area is 81.1 Å². The summed E-state index contributed by atoms with van der Waals surface area (Å²) in [5, 5.41) is 0. The topological polar surface area (TPSA) is 0 Å². The van der Waals surface area contributed by atoms with Crippen LogP contribution in [-0.2, 0) is 0 Å². The Bertz CT molecular complexity index is 344. The molecule has 0 N–H and O–H groups in total. The molecule has 0 amide bonds. The first kappa shape index (κ1) is 10.8. The molecule has 0 aliphatic rings. The molecule has 1 aromatic rings. The molecular weight excluding hydrogens is 189 g/mol. The first-order valence-corrected chi connectivity index (χ1v) is 4.40. The summed E-state index contributed by atoms with van der Waals surface area (Å²) in [6.07, 6.45) is 2.41. The molecule has 0 bridgehead atoms. The highest BCUT2D eigenvalue weighted by molar-refractivity contribution is 5.65. The van der Waals surface area contributed by atoms with Gasteiger partial charge in [-0.05, 0) is 36.6 Å². The third-order valence-electron chi connectivity index (χ3n) is 2.08. The van der Waals surface area contributed by atoms with Crippen molar-refractivity contribution >= 4 is 5.57 Å². The van der Waals surface area contributed by atoms with Crippen LogP contribution in [0.2, 0.25) is 0 Å². The van der Waals surface area contributed by atoms with E-state index in [0.717, 1.165) is 17.7 Å². The smallest absolute Gasteiger partial charge is 0.194 e. The van der Waals surface area contributed by atoms with Crippen LogP contribution in [0, 0.1) is 17.5 Å². The molecule has 76 valence electrons. The predicted molar refractivity (Wildman–Crippen MR) is 50.3 cm³/mol. The molecule has 0 aliphatic heterocycles. The van der Waals surface area contributed by atoms with Gasteiger partial charge < -0.3 is 0 Å². The van der Waals surface area contributed by atoms with Crippen molar-refractivity contribution in [3.05, 3.63) is 41.2 Å². The lowest BCUT2D eigenvalue weighted by molar-refractivity contribution is 0.446. The molecule has 0 saturated carbocycles. The molecule has 0 nitrogen and oxygen atoms in total. The van der Waals surface area contributed by atoms with Crippen LogP contribution in [-0.4, -0.2) is 0 Å². The summed E-state index contributed by atoms with van der Waals surface area (Å²) in [6, 6.07) is 2.02. The fourth-order valence-corrected chi connectivity index (χ4v) is 1.32. The van der Waals surface area contributed by atoms with Gasteiger partial charge in [0.25, 0.3) is 0 Å². The summed E-state index contributed by atoms with van der Waals surface area (Å²) in [5.74, 6) is -3.71. The largest absolute Gasteiger partial charge is 0.204 e.